The largest absolute Gasteiger partial charge is 0.383 e. The van der Waals surface area contributed by atoms with Crippen LogP contribution in [-0.2, 0) is 9.47 Å². The van der Waals surface area contributed by atoms with Gasteiger partial charge in [0.2, 0.25) is 0 Å². The van der Waals surface area contributed by atoms with E-state index in [2.05, 4.69) is 32.0 Å². The number of pyridine rings is 2. The molecule has 0 aromatic carbocycles. The Morgan fingerprint density at radius 2 is 1.91 bits per heavy atom. The summed E-state index contributed by atoms with van der Waals surface area (Å²) in [5.74, 6) is 0.277. The number of anilines is 2. The van der Waals surface area contributed by atoms with E-state index < -0.39 is 11.2 Å². The monoisotopic (exact) mass is 482 g/mol. The molecule has 0 bridgehead atoms. The predicted octanol–water partition coefficient (Wildman–Crippen LogP) is 3.97. The summed E-state index contributed by atoms with van der Waals surface area (Å²) >= 11 is 0. The first-order chi connectivity index (χ1) is 17.1. The summed E-state index contributed by atoms with van der Waals surface area (Å²) in [6, 6.07) is 6.92. The Morgan fingerprint density at radius 3 is 2.66 bits per heavy atom. The number of nitrogens with zero attached hydrogens (tertiary/aromatic N) is 3. The number of hydrogen-bond acceptors (Lipinski definition) is 8. The quantitative estimate of drug-likeness (QED) is 0.437. The summed E-state index contributed by atoms with van der Waals surface area (Å²) in [5.41, 5.74) is 1.43. The van der Waals surface area contributed by atoms with Gasteiger partial charge in [-0.05, 0) is 50.7 Å². The van der Waals surface area contributed by atoms with Gasteiger partial charge in [0.05, 0.1) is 30.0 Å². The second kappa shape index (κ2) is 12.2. The van der Waals surface area contributed by atoms with Gasteiger partial charge in [-0.25, -0.2) is 9.37 Å². The molecule has 2 aromatic heterocycles. The average Bonchev–Trinajstić information content (AvgIpc) is 2.90. The third kappa shape index (κ3) is 6.88. The van der Waals surface area contributed by atoms with Gasteiger partial charge < -0.3 is 25.4 Å². The third-order valence-corrected chi connectivity index (χ3v) is 7.04. The van der Waals surface area contributed by atoms with Gasteiger partial charge in [-0.15, -0.1) is 0 Å². The maximum atomic E-state index is 14.7. The SMILES string of the molecule is COCCN[C@H]1CC[C@H](Nc2cc(-c3cncc(NCC4(C#N)CCOCC4)c3)c(F)cn2)CC1. The Bertz CT molecular complexity index is 1000. The molecule has 2 aliphatic rings. The molecule has 0 radical (unpaired) electrons. The van der Waals surface area contributed by atoms with Crippen molar-refractivity contribution in [3.63, 3.8) is 0 Å². The van der Waals surface area contributed by atoms with Crippen molar-refractivity contribution in [3.05, 3.63) is 36.5 Å². The molecule has 2 fully saturated rings. The van der Waals surface area contributed by atoms with Crippen molar-refractivity contribution in [1.29, 1.82) is 5.26 Å². The van der Waals surface area contributed by atoms with E-state index in [1.165, 1.54) is 6.20 Å². The van der Waals surface area contributed by atoms with Crippen LogP contribution in [0.5, 0.6) is 0 Å². The first-order valence-electron chi connectivity index (χ1n) is 12.4. The first-order valence-corrected chi connectivity index (χ1v) is 12.4. The number of aromatic nitrogens is 2. The molecule has 1 saturated carbocycles. The van der Waals surface area contributed by atoms with E-state index in [1.807, 2.05) is 6.07 Å². The second-order valence-corrected chi connectivity index (χ2v) is 9.51. The molecule has 3 N–H and O–H groups in total. The van der Waals surface area contributed by atoms with E-state index in [0.717, 1.165) is 44.5 Å². The summed E-state index contributed by atoms with van der Waals surface area (Å²) in [4.78, 5) is 8.58. The minimum absolute atomic E-state index is 0.314. The third-order valence-electron chi connectivity index (χ3n) is 7.04. The fourth-order valence-corrected chi connectivity index (χ4v) is 4.80. The van der Waals surface area contributed by atoms with Gasteiger partial charge in [-0.3, -0.25) is 4.98 Å². The summed E-state index contributed by atoms with van der Waals surface area (Å²) in [6.45, 7) is 3.29. The highest BCUT2D eigenvalue weighted by atomic mass is 19.1. The van der Waals surface area contributed by atoms with Crippen LogP contribution in [0.4, 0.5) is 15.9 Å². The Hall–Kier alpha value is -2.80. The van der Waals surface area contributed by atoms with Crippen molar-refractivity contribution in [2.24, 2.45) is 5.41 Å². The van der Waals surface area contributed by atoms with Crippen LogP contribution in [0.2, 0.25) is 0 Å². The molecule has 2 aromatic rings. The smallest absolute Gasteiger partial charge is 0.149 e. The number of ether oxygens (including phenoxy) is 2. The van der Waals surface area contributed by atoms with E-state index in [4.69, 9.17) is 9.47 Å². The van der Waals surface area contributed by atoms with E-state index in [-0.39, 0.29) is 0 Å². The second-order valence-electron chi connectivity index (χ2n) is 9.51. The highest BCUT2D eigenvalue weighted by molar-refractivity contribution is 5.69. The lowest BCUT2D eigenvalue weighted by atomic mass is 9.81. The highest BCUT2D eigenvalue weighted by Gasteiger charge is 2.32. The molecule has 9 heteroatoms. The lowest BCUT2D eigenvalue weighted by Gasteiger charge is -2.31. The highest BCUT2D eigenvalue weighted by Crippen LogP contribution is 2.31. The van der Waals surface area contributed by atoms with Crippen LogP contribution in [0.3, 0.4) is 0 Å². The van der Waals surface area contributed by atoms with Crippen LogP contribution in [0, 0.1) is 22.6 Å². The van der Waals surface area contributed by atoms with Crippen molar-refractivity contribution in [2.75, 3.05) is 50.7 Å². The van der Waals surface area contributed by atoms with Crippen LogP contribution in [0.1, 0.15) is 38.5 Å². The van der Waals surface area contributed by atoms with Gasteiger partial charge in [0.1, 0.15) is 11.6 Å². The Kier molecular flexibility index (Phi) is 8.85. The molecular formula is C26H35FN6O2. The molecule has 1 saturated heterocycles. The minimum atomic E-state index is -0.453. The molecular weight excluding hydrogens is 447 g/mol. The Labute approximate surface area is 206 Å². The molecule has 1 aliphatic heterocycles. The molecule has 3 heterocycles. The lowest BCUT2D eigenvalue weighted by molar-refractivity contribution is 0.0456. The van der Waals surface area contributed by atoms with E-state index in [9.17, 15) is 9.65 Å². The van der Waals surface area contributed by atoms with Crippen molar-refractivity contribution in [1.82, 2.24) is 15.3 Å². The standard InChI is InChI=1S/C26H35FN6O2/c1-34-11-8-30-20-2-4-21(5-3-20)33-25-13-23(24(27)16-31-25)19-12-22(15-29-14-19)32-18-26(17-28)6-9-35-10-7-26/h12-16,20-21,30,32H,2-11,18H2,1H3,(H,31,33)/t20-,21-. The van der Waals surface area contributed by atoms with Crippen molar-refractivity contribution < 1.29 is 13.9 Å². The van der Waals surface area contributed by atoms with E-state index >= 15 is 0 Å². The normalized spacial score (nSPS) is 21.7. The van der Waals surface area contributed by atoms with Gasteiger partial charge >= 0.3 is 0 Å². The first kappa shape index (κ1) is 25.3. The zero-order chi connectivity index (χ0) is 24.5. The van der Waals surface area contributed by atoms with Crippen LogP contribution in [0.15, 0.2) is 30.7 Å². The fourth-order valence-electron chi connectivity index (χ4n) is 4.80. The van der Waals surface area contributed by atoms with Crippen LogP contribution < -0.4 is 16.0 Å². The van der Waals surface area contributed by atoms with Crippen LogP contribution >= 0.6 is 0 Å². The van der Waals surface area contributed by atoms with Crippen LogP contribution in [-0.4, -0.2) is 62.1 Å². The molecule has 0 amide bonds. The maximum absolute atomic E-state index is 14.7. The lowest BCUT2D eigenvalue weighted by Crippen LogP contribution is -2.38. The number of nitriles is 1. The summed E-state index contributed by atoms with van der Waals surface area (Å²) < 4.78 is 25.3. The van der Waals surface area contributed by atoms with Gasteiger partial charge in [0.15, 0.2) is 0 Å². The molecule has 4 rings (SSSR count). The molecule has 8 nitrogen and oxygen atoms in total. The Balaban J connectivity index is 1.38. The van der Waals surface area contributed by atoms with Crippen molar-refractivity contribution in [2.45, 2.75) is 50.6 Å². The fraction of sp³-hybridized carbons (Fsp3) is 0.577. The molecule has 0 unspecified atom stereocenters. The number of nitrogens with one attached hydrogen (secondary N) is 3. The van der Waals surface area contributed by atoms with Gasteiger partial charge in [-0.2, -0.15) is 5.26 Å². The topological polar surface area (TPSA) is 104 Å². The molecule has 0 spiro atoms. The zero-order valence-electron chi connectivity index (χ0n) is 20.4. The van der Waals surface area contributed by atoms with E-state index in [0.29, 0.717) is 61.6 Å². The zero-order valence-corrected chi connectivity index (χ0v) is 20.4. The Morgan fingerprint density at radius 1 is 1.14 bits per heavy atom. The minimum Gasteiger partial charge on any atom is -0.383 e. The summed E-state index contributed by atoms with van der Waals surface area (Å²) in [5, 5.41) is 20.0. The van der Waals surface area contributed by atoms with E-state index in [1.54, 1.807) is 25.6 Å². The summed E-state index contributed by atoms with van der Waals surface area (Å²) in [6.07, 6.45) is 10.3. The van der Waals surface area contributed by atoms with Crippen molar-refractivity contribution in [3.8, 4) is 17.2 Å². The van der Waals surface area contributed by atoms with Crippen molar-refractivity contribution >= 4 is 11.5 Å². The van der Waals surface area contributed by atoms with Crippen LogP contribution in [0.25, 0.3) is 11.1 Å². The summed E-state index contributed by atoms with van der Waals surface area (Å²) in [7, 11) is 1.71. The number of hydrogen-bond donors (Lipinski definition) is 3. The van der Waals surface area contributed by atoms with Gasteiger partial charge in [-0.1, -0.05) is 0 Å². The van der Waals surface area contributed by atoms with Gasteiger partial charge in [0.25, 0.3) is 0 Å². The number of rotatable bonds is 10. The number of halogens is 1. The number of methoxy groups -OCH3 is 1. The predicted molar refractivity (Wildman–Crippen MR) is 134 cm³/mol. The van der Waals surface area contributed by atoms with Gasteiger partial charge in [0, 0.05) is 69.0 Å². The average molecular weight is 483 g/mol. The molecule has 0 atom stereocenters. The molecule has 188 valence electrons. The molecule has 35 heavy (non-hydrogen) atoms. The maximum Gasteiger partial charge on any atom is 0.149 e. The molecule has 1 aliphatic carbocycles.